The summed E-state index contributed by atoms with van der Waals surface area (Å²) < 4.78 is 12.7. The molecule has 1 unspecified atom stereocenters. The van der Waals surface area contributed by atoms with Crippen molar-refractivity contribution in [3.05, 3.63) is 36.5 Å². The second-order valence-corrected chi connectivity index (χ2v) is 7.75. The van der Waals surface area contributed by atoms with Crippen molar-refractivity contribution in [2.75, 3.05) is 6.67 Å². The minimum Gasteiger partial charge on any atom is -0.251 e. The molecule has 2 saturated carbocycles. The number of hydrogen-bond donors (Lipinski definition) is 0. The fraction of sp³-hybridized carbons (Fsp3) is 0.714. The van der Waals surface area contributed by atoms with Gasteiger partial charge in [-0.3, -0.25) is 4.39 Å². The van der Waals surface area contributed by atoms with Crippen LogP contribution >= 0.6 is 0 Å². The van der Waals surface area contributed by atoms with Gasteiger partial charge in [-0.1, -0.05) is 24.3 Å². The van der Waals surface area contributed by atoms with Crippen LogP contribution in [0.4, 0.5) is 4.39 Å². The molecule has 0 bridgehead atoms. The summed E-state index contributed by atoms with van der Waals surface area (Å²) in [6.45, 7) is 3.83. The Morgan fingerprint density at radius 1 is 1.05 bits per heavy atom. The monoisotopic (exact) mass is 302 g/mol. The molecule has 0 aliphatic heterocycles. The third kappa shape index (κ3) is 3.73. The number of halogens is 1. The predicted octanol–water partition coefficient (Wildman–Crippen LogP) is 6.26. The van der Waals surface area contributed by atoms with Gasteiger partial charge in [0, 0.05) is 0 Å². The number of alkyl halides is 1. The second kappa shape index (κ2) is 7.62. The van der Waals surface area contributed by atoms with Crippen LogP contribution in [0.5, 0.6) is 0 Å². The maximum absolute atomic E-state index is 12.7. The Hall–Kier alpha value is -0.850. The van der Waals surface area contributed by atoms with E-state index in [1.54, 1.807) is 5.57 Å². The first-order chi connectivity index (χ1) is 10.8. The first-order valence-electron chi connectivity index (χ1n) is 9.37. The molecule has 22 heavy (non-hydrogen) atoms. The molecule has 3 rings (SSSR count). The van der Waals surface area contributed by atoms with Gasteiger partial charge in [0.1, 0.15) is 0 Å². The summed E-state index contributed by atoms with van der Waals surface area (Å²) in [6, 6.07) is 0. The van der Waals surface area contributed by atoms with E-state index >= 15 is 0 Å². The van der Waals surface area contributed by atoms with Crippen LogP contribution in [0.25, 0.3) is 0 Å². The Morgan fingerprint density at radius 2 is 1.77 bits per heavy atom. The van der Waals surface area contributed by atoms with Gasteiger partial charge in [-0.05, 0) is 93.0 Å². The SMILES string of the molecule is C=CC1CCC(C2C=CC(C3CCC(CF)CC3)=CC2)CC1. The highest BCUT2D eigenvalue weighted by Crippen LogP contribution is 2.40. The zero-order valence-corrected chi connectivity index (χ0v) is 13.9. The van der Waals surface area contributed by atoms with Crippen LogP contribution < -0.4 is 0 Å². The third-order valence-electron chi connectivity index (χ3n) is 6.45. The summed E-state index contributed by atoms with van der Waals surface area (Å²) in [5.74, 6) is 3.46. The lowest BCUT2D eigenvalue weighted by molar-refractivity contribution is 0.243. The van der Waals surface area contributed by atoms with Gasteiger partial charge in [0.15, 0.2) is 0 Å². The van der Waals surface area contributed by atoms with Gasteiger partial charge in [-0.2, -0.15) is 0 Å². The van der Waals surface area contributed by atoms with E-state index in [4.69, 9.17) is 0 Å². The average molecular weight is 302 g/mol. The molecule has 0 N–H and O–H groups in total. The van der Waals surface area contributed by atoms with E-state index in [1.807, 2.05) is 0 Å². The lowest BCUT2D eigenvalue weighted by Gasteiger charge is -2.34. The molecule has 0 aromatic heterocycles. The third-order valence-corrected chi connectivity index (χ3v) is 6.45. The molecule has 0 aromatic rings. The van der Waals surface area contributed by atoms with E-state index < -0.39 is 0 Å². The fourth-order valence-electron chi connectivity index (χ4n) is 4.76. The predicted molar refractivity (Wildman–Crippen MR) is 92.4 cm³/mol. The van der Waals surface area contributed by atoms with E-state index in [9.17, 15) is 4.39 Å². The quantitative estimate of drug-likeness (QED) is 0.538. The molecular formula is C21H31F. The molecule has 2 fully saturated rings. The van der Waals surface area contributed by atoms with E-state index in [1.165, 1.54) is 44.9 Å². The van der Waals surface area contributed by atoms with Crippen LogP contribution in [0.3, 0.4) is 0 Å². The molecule has 3 aliphatic carbocycles. The minimum absolute atomic E-state index is 0.114. The molecule has 0 saturated heterocycles. The van der Waals surface area contributed by atoms with E-state index in [0.717, 1.165) is 30.6 Å². The van der Waals surface area contributed by atoms with Gasteiger partial charge < -0.3 is 0 Å². The molecular weight excluding hydrogens is 271 g/mol. The topological polar surface area (TPSA) is 0 Å². The number of allylic oxidation sites excluding steroid dienone is 5. The molecule has 0 aromatic carbocycles. The molecule has 122 valence electrons. The summed E-state index contributed by atoms with van der Waals surface area (Å²) in [5, 5.41) is 0. The zero-order valence-electron chi connectivity index (χ0n) is 13.9. The lowest BCUT2D eigenvalue weighted by Crippen LogP contribution is -2.22. The summed E-state index contributed by atoms with van der Waals surface area (Å²) >= 11 is 0. The van der Waals surface area contributed by atoms with Crippen LogP contribution in [0.15, 0.2) is 36.5 Å². The van der Waals surface area contributed by atoms with Crippen LogP contribution in [-0.4, -0.2) is 6.67 Å². The number of hydrogen-bond acceptors (Lipinski definition) is 0. The van der Waals surface area contributed by atoms with Gasteiger partial charge in [-0.15, -0.1) is 6.58 Å². The van der Waals surface area contributed by atoms with Crippen LogP contribution in [0, 0.1) is 29.6 Å². The molecule has 0 heterocycles. The van der Waals surface area contributed by atoms with Crippen LogP contribution in [-0.2, 0) is 0 Å². The van der Waals surface area contributed by atoms with Gasteiger partial charge in [0.2, 0.25) is 0 Å². The Labute approximate surface area is 135 Å². The van der Waals surface area contributed by atoms with Crippen molar-refractivity contribution >= 4 is 0 Å². The molecule has 0 radical (unpaired) electrons. The standard InChI is InChI=1S/C21H31F/c1-2-16-3-7-18(8-4-16)20-11-13-21(14-12-20)19-9-5-17(15-22)6-10-19/h2,11,13-14,16-20H,1,3-10,12,15H2. The van der Waals surface area contributed by atoms with E-state index in [2.05, 4.69) is 30.9 Å². The van der Waals surface area contributed by atoms with Crippen molar-refractivity contribution in [2.45, 2.75) is 57.8 Å². The Bertz CT molecular complexity index is 417. The molecule has 0 amide bonds. The highest BCUT2D eigenvalue weighted by molar-refractivity contribution is 5.27. The minimum atomic E-state index is -0.114. The van der Waals surface area contributed by atoms with Crippen molar-refractivity contribution in [2.24, 2.45) is 29.6 Å². The largest absolute Gasteiger partial charge is 0.251 e. The summed E-state index contributed by atoms with van der Waals surface area (Å²) in [5.41, 5.74) is 1.55. The molecule has 0 spiro atoms. The second-order valence-electron chi connectivity index (χ2n) is 7.75. The summed E-state index contributed by atoms with van der Waals surface area (Å²) in [7, 11) is 0. The maximum atomic E-state index is 12.7. The van der Waals surface area contributed by atoms with Gasteiger partial charge in [0.05, 0.1) is 6.67 Å². The Morgan fingerprint density at radius 3 is 2.32 bits per heavy atom. The highest BCUT2D eigenvalue weighted by atomic mass is 19.1. The van der Waals surface area contributed by atoms with Crippen molar-refractivity contribution in [3.8, 4) is 0 Å². The van der Waals surface area contributed by atoms with Crippen molar-refractivity contribution in [1.29, 1.82) is 0 Å². The van der Waals surface area contributed by atoms with Crippen molar-refractivity contribution in [1.82, 2.24) is 0 Å². The molecule has 3 aliphatic rings. The highest BCUT2D eigenvalue weighted by Gasteiger charge is 2.28. The summed E-state index contributed by atoms with van der Waals surface area (Å²) in [6.07, 6.45) is 20.8. The first-order valence-corrected chi connectivity index (χ1v) is 9.37. The Balaban J connectivity index is 1.48. The van der Waals surface area contributed by atoms with Crippen molar-refractivity contribution < 1.29 is 4.39 Å². The molecule has 0 nitrogen and oxygen atoms in total. The van der Waals surface area contributed by atoms with Gasteiger partial charge in [-0.25, -0.2) is 0 Å². The zero-order chi connectivity index (χ0) is 15.4. The van der Waals surface area contributed by atoms with Gasteiger partial charge >= 0.3 is 0 Å². The Kier molecular flexibility index (Phi) is 5.55. The van der Waals surface area contributed by atoms with E-state index in [-0.39, 0.29) is 6.67 Å². The maximum Gasteiger partial charge on any atom is 0.0922 e. The smallest absolute Gasteiger partial charge is 0.0922 e. The lowest BCUT2D eigenvalue weighted by atomic mass is 9.71. The first kappa shape index (κ1) is 16.0. The molecule has 1 heteroatoms. The number of rotatable bonds is 4. The van der Waals surface area contributed by atoms with Crippen LogP contribution in [0.1, 0.15) is 57.8 Å². The molecule has 1 atom stereocenters. The van der Waals surface area contributed by atoms with Crippen LogP contribution in [0.2, 0.25) is 0 Å². The van der Waals surface area contributed by atoms with Gasteiger partial charge in [0.25, 0.3) is 0 Å². The normalized spacial score (nSPS) is 39.3. The van der Waals surface area contributed by atoms with Crippen molar-refractivity contribution in [3.63, 3.8) is 0 Å². The van der Waals surface area contributed by atoms with E-state index in [0.29, 0.717) is 11.8 Å². The average Bonchev–Trinajstić information content (AvgIpc) is 2.62. The summed E-state index contributed by atoms with van der Waals surface area (Å²) in [4.78, 5) is 0. The fourth-order valence-corrected chi connectivity index (χ4v) is 4.76.